The van der Waals surface area contributed by atoms with Crippen LogP contribution in [0.4, 0.5) is 13.2 Å². The van der Waals surface area contributed by atoms with E-state index in [2.05, 4.69) is 0 Å². The van der Waals surface area contributed by atoms with Crippen molar-refractivity contribution in [3.63, 3.8) is 0 Å². The number of benzene rings is 1. The van der Waals surface area contributed by atoms with Gasteiger partial charge in [0.25, 0.3) is 0 Å². The van der Waals surface area contributed by atoms with Gasteiger partial charge in [0.2, 0.25) is 5.91 Å². The number of carbonyl (C=O) groups is 1. The van der Waals surface area contributed by atoms with Gasteiger partial charge in [-0.25, -0.2) is 0 Å². The molecule has 0 aromatic heterocycles. The first-order chi connectivity index (χ1) is 10.4. The van der Waals surface area contributed by atoms with Gasteiger partial charge in [-0.05, 0) is 11.6 Å². The van der Waals surface area contributed by atoms with Gasteiger partial charge in [0.15, 0.2) is 0 Å². The smallest absolute Gasteiger partial charge is 0.396 e. The third kappa shape index (κ3) is 4.20. The minimum Gasteiger partial charge on any atom is -0.396 e. The molecular weight excluding hydrogens is 299 g/mol. The number of aliphatic hydroxyl groups excluding tert-OH is 1. The van der Waals surface area contributed by atoms with Gasteiger partial charge in [0.1, 0.15) is 0 Å². The number of halogens is 3. The largest absolute Gasteiger partial charge is 0.416 e. The van der Waals surface area contributed by atoms with Crippen molar-refractivity contribution < 1.29 is 27.8 Å². The van der Waals surface area contributed by atoms with Gasteiger partial charge < -0.3 is 14.7 Å². The third-order valence-corrected chi connectivity index (χ3v) is 3.61. The van der Waals surface area contributed by atoms with Crippen LogP contribution in [-0.2, 0) is 22.1 Å². The van der Waals surface area contributed by atoms with Crippen LogP contribution in [0.3, 0.4) is 0 Å². The van der Waals surface area contributed by atoms with Crippen molar-refractivity contribution in [2.45, 2.75) is 12.6 Å². The van der Waals surface area contributed by atoms with E-state index in [9.17, 15) is 23.1 Å². The Morgan fingerprint density at radius 1 is 1.36 bits per heavy atom. The molecule has 1 N–H and O–H groups in total. The molecule has 1 aromatic rings. The lowest BCUT2D eigenvalue weighted by molar-refractivity contribution is -0.138. The Bertz CT molecular complexity index is 519. The fourth-order valence-corrected chi connectivity index (χ4v) is 2.44. The van der Waals surface area contributed by atoms with Crippen molar-refractivity contribution in [2.24, 2.45) is 5.92 Å². The number of ether oxygens (including phenoxy) is 1. The van der Waals surface area contributed by atoms with E-state index < -0.39 is 11.7 Å². The van der Waals surface area contributed by atoms with Crippen LogP contribution in [-0.4, -0.2) is 48.8 Å². The van der Waals surface area contributed by atoms with Gasteiger partial charge in [-0.3, -0.25) is 4.79 Å². The molecule has 0 spiro atoms. The Labute approximate surface area is 126 Å². The number of carbonyl (C=O) groups excluding carboxylic acids is 1. The second-order valence-electron chi connectivity index (χ2n) is 5.29. The maximum absolute atomic E-state index is 12.9. The molecule has 1 aliphatic rings. The van der Waals surface area contributed by atoms with Crippen LogP contribution in [0.2, 0.25) is 0 Å². The normalized spacial score (nSPS) is 19.8. The second-order valence-corrected chi connectivity index (χ2v) is 5.29. The second kappa shape index (κ2) is 7.11. The molecule has 1 atom stereocenters. The summed E-state index contributed by atoms with van der Waals surface area (Å²) in [6.45, 7) is 1.17. The quantitative estimate of drug-likeness (QED) is 0.923. The zero-order valence-electron chi connectivity index (χ0n) is 12.0. The van der Waals surface area contributed by atoms with Gasteiger partial charge >= 0.3 is 6.18 Å². The summed E-state index contributed by atoms with van der Waals surface area (Å²) in [7, 11) is 0. The number of aliphatic hydroxyl groups is 1. The van der Waals surface area contributed by atoms with Crippen LogP contribution in [0, 0.1) is 5.92 Å². The maximum atomic E-state index is 12.9. The van der Waals surface area contributed by atoms with Crippen molar-refractivity contribution >= 4 is 5.91 Å². The highest BCUT2D eigenvalue weighted by Crippen LogP contribution is 2.32. The maximum Gasteiger partial charge on any atom is 0.416 e. The Morgan fingerprint density at radius 2 is 2.09 bits per heavy atom. The molecule has 1 fully saturated rings. The van der Waals surface area contributed by atoms with E-state index >= 15 is 0 Å². The van der Waals surface area contributed by atoms with E-state index in [1.807, 2.05) is 0 Å². The van der Waals surface area contributed by atoms with Crippen LogP contribution in [0.25, 0.3) is 0 Å². The van der Waals surface area contributed by atoms with E-state index in [1.54, 1.807) is 0 Å². The molecule has 0 bridgehead atoms. The SMILES string of the molecule is O=C(Cc1ccccc1C(F)(F)F)N1CCOCC(CO)C1. The zero-order valence-corrected chi connectivity index (χ0v) is 12.0. The highest BCUT2D eigenvalue weighted by molar-refractivity contribution is 5.79. The van der Waals surface area contributed by atoms with E-state index in [0.29, 0.717) is 26.3 Å². The Balaban J connectivity index is 2.12. The van der Waals surface area contributed by atoms with Crippen molar-refractivity contribution in [2.75, 3.05) is 32.9 Å². The van der Waals surface area contributed by atoms with Crippen LogP contribution in [0.5, 0.6) is 0 Å². The summed E-state index contributed by atoms with van der Waals surface area (Å²) >= 11 is 0. The zero-order chi connectivity index (χ0) is 16.2. The minimum absolute atomic E-state index is 0.0364. The molecule has 0 radical (unpaired) electrons. The van der Waals surface area contributed by atoms with Crippen molar-refractivity contribution in [3.05, 3.63) is 35.4 Å². The monoisotopic (exact) mass is 317 g/mol. The van der Waals surface area contributed by atoms with E-state index in [0.717, 1.165) is 6.07 Å². The molecule has 1 aromatic carbocycles. The van der Waals surface area contributed by atoms with Crippen molar-refractivity contribution in [3.8, 4) is 0 Å². The van der Waals surface area contributed by atoms with Gasteiger partial charge in [-0.2, -0.15) is 13.2 Å². The van der Waals surface area contributed by atoms with Gasteiger partial charge in [0.05, 0.1) is 25.2 Å². The molecule has 1 unspecified atom stereocenters. The first kappa shape index (κ1) is 16.8. The number of hydrogen-bond donors (Lipinski definition) is 1. The molecule has 1 saturated heterocycles. The highest BCUT2D eigenvalue weighted by atomic mass is 19.4. The summed E-state index contributed by atoms with van der Waals surface area (Å²) in [6.07, 6.45) is -4.79. The van der Waals surface area contributed by atoms with E-state index in [-0.39, 0.29) is 30.4 Å². The number of rotatable bonds is 3. The van der Waals surface area contributed by atoms with E-state index in [1.165, 1.54) is 23.1 Å². The molecular formula is C15H18F3NO3. The molecule has 1 aliphatic heterocycles. The number of amides is 1. The number of nitrogens with zero attached hydrogens (tertiary/aromatic N) is 1. The summed E-state index contributed by atoms with van der Waals surface area (Å²) in [6, 6.07) is 5.08. The Kier molecular flexibility index (Phi) is 5.42. The summed E-state index contributed by atoms with van der Waals surface area (Å²) in [5.74, 6) is -0.593. The van der Waals surface area contributed by atoms with Crippen LogP contribution >= 0.6 is 0 Å². The molecule has 4 nitrogen and oxygen atoms in total. The third-order valence-electron chi connectivity index (χ3n) is 3.61. The lowest BCUT2D eigenvalue weighted by Crippen LogP contribution is -2.38. The first-order valence-corrected chi connectivity index (χ1v) is 7.03. The fourth-order valence-electron chi connectivity index (χ4n) is 2.44. The lowest BCUT2D eigenvalue weighted by atomic mass is 10.0. The number of alkyl halides is 3. The highest BCUT2D eigenvalue weighted by Gasteiger charge is 2.34. The summed E-state index contributed by atoms with van der Waals surface area (Å²) in [4.78, 5) is 13.7. The van der Waals surface area contributed by atoms with Crippen molar-refractivity contribution in [1.82, 2.24) is 4.90 Å². The molecule has 0 aliphatic carbocycles. The van der Waals surface area contributed by atoms with Gasteiger partial charge in [-0.15, -0.1) is 0 Å². The average molecular weight is 317 g/mol. The average Bonchev–Trinajstić information content (AvgIpc) is 2.72. The predicted octanol–water partition coefficient (Wildman–Crippen LogP) is 1.72. The topological polar surface area (TPSA) is 49.8 Å². The minimum atomic E-state index is -4.48. The summed E-state index contributed by atoms with van der Waals surface area (Å²) in [5.41, 5.74) is -0.821. The first-order valence-electron chi connectivity index (χ1n) is 7.03. The van der Waals surface area contributed by atoms with Crippen molar-refractivity contribution in [1.29, 1.82) is 0 Å². The Morgan fingerprint density at radius 3 is 2.77 bits per heavy atom. The summed E-state index contributed by atoms with van der Waals surface area (Å²) < 4.78 is 44.1. The number of hydrogen-bond acceptors (Lipinski definition) is 3. The summed E-state index contributed by atoms with van der Waals surface area (Å²) in [5, 5.41) is 9.19. The van der Waals surface area contributed by atoms with Crippen LogP contribution in [0.1, 0.15) is 11.1 Å². The standard InChI is InChI=1S/C15H18F3NO3/c16-15(17,18)13-4-2-1-3-12(13)7-14(21)19-5-6-22-10-11(8-19)9-20/h1-4,11,20H,5-10H2. The molecule has 1 amide bonds. The predicted molar refractivity (Wildman–Crippen MR) is 73.1 cm³/mol. The molecule has 22 heavy (non-hydrogen) atoms. The molecule has 2 rings (SSSR count). The van der Waals surface area contributed by atoms with Gasteiger partial charge in [0, 0.05) is 25.6 Å². The molecule has 7 heteroatoms. The Hall–Kier alpha value is -1.60. The molecule has 0 saturated carbocycles. The molecule has 1 heterocycles. The fraction of sp³-hybridized carbons (Fsp3) is 0.533. The van der Waals surface area contributed by atoms with E-state index in [4.69, 9.17) is 4.74 Å². The van der Waals surface area contributed by atoms with Crippen LogP contribution in [0.15, 0.2) is 24.3 Å². The molecule has 122 valence electrons. The van der Waals surface area contributed by atoms with Crippen LogP contribution < -0.4 is 0 Å². The van der Waals surface area contributed by atoms with Gasteiger partial charge in [-0.1, -0.05) is 18.2 Å². The lowest BCUT2D eigenvalue weighted by Gasteiger charge is -2.23.